The molecule has 0 spiro atoms. The first-order valence-electron chi connectivity index (χ1n) is 20.1. The molecule has 0 amide bonds. The van der Waals surface area contributed by atoms with Crippen molar-refractivity contribution >= 4 is 65.7 Å². The van der Waals surface area contributed by atoms with Crippen molar-refractivity contribution in [2.24, 2.45) is 0 Å². The maximum atomic E-state index is 9.64. The lowest BCUT2D eigenvalue weighted by Gasteiger charge is -2.09. The number of para-hydroxylation sites is 4. The van der Waals surface area contributed by atoms with E-state index in [0.717, 1.165) is 31.8 Å². The molecule has 5 nitrogen and oxygen atoms in total. The van der Waals surface area contributed by atoms with E-state index in [9.17, 15) is 4.11 Å². The monoisotopic (exact) mass is 588 g/mol. The standard InChI is InChI=1S/C40H24N4O/c1-2-10-27(11-3-1)43-33-15-7-4-12-28(33)31-22-25(18-20-35(31)43)26-19-21-36-32(23-26)29-13-5-8-16-34(29)44(36)40-39-38(41-24-42-40)30-14-6-9-17-37(30)45-39/h1-24H/i1D,2D,3D,4D,7D,10D,11D,12D,15D,18D,20D,22D. The van der Waals surface area contributed by atoms with Crippen LogP contribution in [0.15, 0.2) is 150 Å². The molecule has 0 aliphatic carbocycles. The van der Waals surface area contributed by atoms with Crippen LogP contribution in [-0.2, 0) is 0 Å². The van der Waals surface area contributed by atoms with Gasteiger partial charge in [-0.25, -0.2) is 9.97 Å². The maximum absolute atomic E-state index is 9.64. The molecule has 10 aromatic rings. The van der Waals surface area contributed by atoms with Gasteiger partial charge < -0.3 is 8.98 Å². The molecule has 0 aliphatic heterocycles. The Morgan fingerprint density at radius 1 is 0.556 bits per heavy atom. The predicted molar refractivity (Wildman–Crippen MR) is 183 cm³/mol. The third-order valence-electron chi connectivity index (χ3n) is 8.18. The molecule has 0 fully saturated rings. The second kappa shape index (κ2) is 9.15. The topological polar surface area (TPSA) is 48.8 Å². The third-order valence-corrected chi connectivity index (χ3v) is 8.18. The minimum Gasteiger partial charge on any atom is -0.450 e. The first kappa shape index (κ1) is 15.5. The summed E-state index contributed by atoms with van der Waals surface area (Å²) < 4.78 is 115. The molecule has 210 valence electrons. The zero-order valence-electron chi connectivity index (χ0n) is 35.1. The normalized spacial score (nSPS) is 15.7. The summed E-state index contributed by atoms with van der Waals surface area (Å²) in [4.78, 5) is 9.18. The zero-order valence-corrected chi connectivity index (χ0v) is 23.1. The van der Waals surface area contributed by atoms with Crippen molar-refractivity contribution in [3.05, 3.63) is 146 Å². The van der Waals surface area contributed by atoms with E-state index in [2.05, 4.69) is 9.97 Å². The summed E-state index contributed by atoms with van der Waals surface area (Å²) in [7, 11) is 0. The van der Waals surface area contributed by atoms with Gasteiger partial charge in [-0.05, 0) is 71.7 Å². The number of benzene rings is 6. The second-order valence-electron chi connectivity index (χ2n) is 10.6. The van der Waals surface area contributed by atoms with Crippen molar-refractivity contribution in [3.8, 4) is 22.6 Å². The van der Waals surface area contributed by atoms with Crippen molar-refractivity contribution in [3.63, 3.8) is 0 Å². The quantitative estimate of drug-likeness (QED) is 0.206. The number of nitrogens with zero attached hydrogens (tertiary/aromatic N) is 4. The molecule has 4 heterocycles. The smallest absolute Gasteiger partial charge is 0.197 e. The first-order valence-corrected chi connectivity index (χ1v) is 14.1. The van der Waals surface area contributed by atoms with Gasteiger partial charge in [-0.15, -0.1) is 0 Å². The van der Waals surface area contributed by atoms with Crippen LogP contribution < -0.4 is 0 Å². The molecule has 0 unspecified atom stereocenters. The number of rotatable bonds is 3. The van der Waals surface area contributed by atoms with Crippen molar-refractivity contribution in [1.29, 1.82) is 0 Å². The number of aromatic nitrogens is 4. The molecular weight excluding hydrogens is 552 g/mol. The Bertz CT molecular complexity index is 3430. The van der Waals surface area contributed by atoms with Crippen LogP contribution in [0, 0.1) is 0 Å². The van der Waals surface area contributed by atoms with Gasteiger partial charge in [0.2, 0.25) is 0 Å². The Hall–Kier alpha value is -6.20. The molecule has 0 saturated heterocycles. The van der Waals surface area contributed by atoms with Gasteiger partial charge >= 0.3 is 0 Å². The first-order chi connectivity index (χ1) is 27.3. The molecular formula is C40H24N4O. The van der Waals surface area contributed by atoms with Crippen molar-refractivity contribution in [1.82, 2.24) is 19.1 Å². The maximum Gasteiger partial charge on any atom is 0.197 e. The van der Waals surface area contributed by atoms with Crippen LogP contribution in [-0.4, -0.2) is 19.1 Å². The summed E-state index contributed by atoms with van der Waals surface area (Å²) in [5, 5.41) is 2.06. The van der Waals surface area contributed by atoms with Crippen LogP contribution in [0.2, 0.25) is 0 Å². The van der Waals surface area contributed by atoms with E-state index in [1.807, 2.05) is 59.2 Å². The highest BCUT2D eigenvalue weighted by molar-refractivity contribution is 6.13. The molecule has 0 radical (unpaired) electrons. The summed E-state index contributed by atoms with van der Waals surface area (Å²) in [6.45, 7) is 0. The van der Waals surface area contributed by atoms with Crippen LogP contribution in [0.3, 0.4) is 0 Å². The van der Waals surface area contributed by atoms with Crippen molar-refractivity contribution in [2.45, 2.75) is 0 Å². The van der Waals surface area contributed by atoms with E-state index in [0.29, 0.717) is 28.1 Å². The van der Waals surface area contributed by atoms with Gasteiger partial charge in [0.1, 0.15) is 17.4 Å². The molecule has 0 atom stereocenters. The van der Waals surface area contributed by atoms with Gasteiger partial charge in [0, 0.05) is 32.6 Å². The van der Waals surface area contributed by atoms with Crippen LogP contribution in [0.4, 0.5) is 0 Å². The van der Waals surface area contributed by atoms with E-state index in [4.69, 9.17) is 16.8 Å². The van der Waals surface area contributed by atoms with E-state index < -0.39 is 72.2 Å². The molecule has 0 N–H and O–H groups in total. The van der Waals surface area contributed by atoms with Crippen LogP contribution in [0.1, 0.15) is 16.4 Å². The number of hydrogen-bond donors (Lipinski definition) is 0. The molecule has 45 heavy (non-hydrogen) atoms. The third kappa shape index (κ3) is 3.43. The Morgan fingerprint density at radius 3 is 2.27 bits per heavy atom. The summed E-state index contributed by atoms with van der Waals surface area (Å²) in [5.74, 6) is 0.502. The van der Waals surface area contributed by atoms with Gasteiger partial charge in [-0.2, -0.15) is 0 Å². The minimum absolute atomic E-state index is 0.000430. The predicted octanol–water partition coefficient (Wildman–Crippen LogP) is 10.2. The molecule has 4 aromatic heterocycles. The summed E-state index contributed by atoms with van der Waals surface area (Å²) in [6, 6.07) is 13.4. The van der Waals surface area contributed by atoms with Crippen molar-refractivity contribution in [2.75, 3.05) is 0 Å². The fraction of sp³-hybridized carbons (Fsp3) is 0. The minimum atomic E-state index is -0.697. The fourth-order valence-electron chi connectivity index (χ4n) is 6.27. The lowest BCUT2D eigenvalue weighted by Crippen LogP contribution is -1.98. The van der Waals surface area contributed by atoms with Crippen LogP contribution in [0.5, 0.6) is 0 Å². The van der Waals surface area contributed by atoms with Crippen LogP contribution in [0.25, 0.3) is 88.3 Å². The van der Waals surface area contributed by atoms with Crippen LogP contribution >= 0.6 is 0 Å². The van der Waals surface area contributed by atoms with E-state index in [-0.39, 0.29) is 33.4 Å². The molecule has 0 saturated carbocycles. The second-order valence-corrected chi connectivity index (χ2v) is 10.6. The summed E-state index contributed by atoms with van der Waals surface area (Å²) in [6.07, 6.45) is 1.48. The molecule has 0 aliphatic rings. The zero-order chi connectivity index (χ0) is 39.9. The van der Waals surface area contributed by atoms with E-state index >= 15 is 0 Å². The van der Waals surface area contributed by atoms with Gasteiger partial charge in [0.15, 0.2) is 11.4 Å². The highest BCUT2D eigenvalue weighted by atomic mass is 16.3. The van der Waals surface area contributed by atoms with E-state index in [1.54, 1.807) is 12.1 Å². The Labute approximate surface area is 274 Å². The highest BCUT2D eigenvalue weighted by Gasteiger charge is 2.20. The van der Waals surface area contributed by atoms with Gasteiger partial charge in [-0.3, -0.25) is 4.57 Å². The SMILES string of the molecule is [2H]c1c([2H])c([2H])c(-n2c3c([2H])c([2H])c([2H])c([2H])c3c3c([2H])c(-c4ccc5c(c4)c4ccccc4n5-c4ncnc5c4oc4ccccc45)c([2H])c([2H])c32)c([2H])c1[2H]. The lowest BCUT2D eigenvalue weighted by atomic mass is 10.0. The van der Waals surface area contributed by atoms with Crippen molar-refractivity contribution < 1.29 is 20.9 Å². The highest BCUT2D eigenvalue weighted by Crippen LogP contribution is 2.39. The Morgan fingerprint density at radius 2 is 1.33 bits per heavy atom. The molecule has 5 heteroatoms. The molecule has 0 bridgehead atoms. The van der Waals surface area contributed by atoms with Gasteiger partial charge in [0.25, 0.3) is 0 Å². The van der Waals surface area contributed by atoms with Gasteiger partial charge in [0.05, 0.1) is 38.5 Å². The molecule has 6 aromatic carbocycles. The number of furan rings is 1. The molecule has 10 rings (SSSR count). The number of fused-ring (bicyclic) bond motifs is 9. The Kier molecular flexibility index (Phi) is 3.15. The summed E-state index contributed by atoms with van der Waals surface area (Å²) in [5.41, 5.74) is 2.65. The largest absolute Gasteiger partial charge is 0.450 e. The number of hydrogen-bond acceptors (Lipinski definition) is 3. The summed E-state index contributed by atoms with van der Waals surface area (Å²) >= 11 is 0. The average molecular weight is 589 g/mol. The lowest BCUT2D eigenvalue weighted by molar-refractivity contribution is 0.662. The fourth-order valence-corrected chi connectivity index (χ4v) is 6.27. The Balaban J connectivity index is 1.30. The average Bonchev–Trinajstić information content (AvgIpc) is 3.88. The van der Waals surface area contributed by atoms with E-state index in [1.165, 1.54) is 6.33 Å². The van der Waals surface area contributed by atoms with Gasteiger partial charge in [-0.1, -0.05) is 78.7 Å².